The van der Waals surface area contributed by atoms with Gasteiger partial charge < -0.3 is 14.8 Å². The minimum absolute atomic E-state index is 0.00574. The molecule has 6 nitrogen and oxygen atoms in total. The van der Waals surface area contributed by atoms with E-state index < -0.39 is 0 Å². The summed E-state index contributed by atoms with van der Waals surface area (Å²) in [4.78, 5) is 11.9. The molecular weight excluding hydrogens is 282 g/mol. The first-order valence-electron chi connectivity index (χ1n) is 7.06. The van der Waals surface area contributed by atoms with Crippen LogP contribution >= 0.6 is 0 Å². The lowest BCUT2D eigenvalue weighted by atomic mass is 10.2. The predicted octanol–water partition coefficient (Wildman–Crippen LogP) is 1.83. The third-order valence-electron chi connectivity index (χ3n) is 3.23. The molecule has 2 heterocycles. The number of amides is 1. The fourth-order valence-electron chi connectivity index (χ4n) is 2.21. The Balaban J connectivity index is 1.54. The molecule has 22 heavy (non-hydrogen) atoms. The van der Waals surface area contributed by atoms with Crippen molar-refractivity contribution in [2.45, 2.75) is 19.5 Å². The lowest BCUT2D eigenvalue weighted by molar-refractivity contribution is -0.117. The molecule has 1 unspecified atom stereocenters. The topological polar surface area (TPSA) is 65.4 Å². The molecule has 1 aromatic carbocycles. The van der Waals surface area contributed by atoms with Gasteiger partial charge in [-0.1, -0.05) is 6.07 Å². The zero-order chi connectivity index (χ0) is 15.4. The maximum absolute atomic E-state index is 11.9. The molecule has 1 aliphatic heterocycles. The SMILES string of the molecule is CC(Cn1cccn1)NC(=O)/C=C/c1ccc2c(c1)OCO2. The van der Waals surface area contributed by atoms with E-state index in [2.05, 4.69) is 10.4 Å². The van der Waals surface area contributed by atoms with Crippen LogP contribution in [0.3, 0.4) is 0 Å². The molecule has 1 aromatic heterocycles. The third-order valence-corrected chi connectivity index (χ3v) is 3.23. The van der Waals surface area contributed by atoms with Crippen molar-refractivity contribution in [1.29, 1.82) is 0 Å². The van der Waals surface area contributed by atoms with Gasteiger partial charge in [0.2, 0.25) is 12.7 Å². The molecule has 0 saturated heterocycles. The molecule has 2 aromatic rings. The largest absolute Gasteiger partial charge is 0.454 e. The van der Waals surface area contributed by atoms with Gasteiger partial charge in [-0.15, -0.1) is 0 Å². The van der Waals surface area contributed by atoms with Crippen LogP contribution in [0, 0.1) is 0 Å². The Labute approximate surface area is 128 Å². The lowest BCUT2D eigenvalue weighted by Crippen LogP contribution is -2.34. The van der Waals surface area contributed by atoms with Crippen molar-refractivity contribution in [3.05, 3.63) is 48.3 Å². The Morgan fingerprint density at radius 1 is 1.45 bits per heavy atom. The number of rotatable bonds is 5. The zero-order valence-electron chi connectivity index (χ0n) is 12.2. The van der Waals surface area contributed by atoms with Crippen LogP contribution in [-0.2, 0) is 11.3 Å². The highest BCUT2D eigenvalue weighted by molar-refractivity contribution is 5.92. The fourth-order valence-corrected chi connectivity index (χ4v) is 2.21. The van der Waals surface area contributed by atoms with E-state index in [0.717, 1.165) is 11.3 Å². The van der Waals surface area contributed by atoms with Crippen LogP contribution in [0.5, 0.6) is 11.5 Å². The van der Waals surface area contributed by atoms with E-state index in [1.807, 2.05) is 37.4 Å². The number of ether oxygens (including phenoxy) is 2. The number of nitrogens with one attached hydrogen (secondary N) is 1. The summed E-state index contributed by atoms with van der Waals surface area (Å²) in [6, 6.07) is 7.41. The van der Waals surface area contributed by atoms with Crippen LogP contribution in [0.1, 0.15) is 12.5 Å². The molecule has 0 radical (unpaired) electrons. The molecule has 0 fully saturated rings. The Hall–Kier alpha value is -2.76. The van der Waals surface area contributed by atoms with Gasteiger partial charge in [-0.3, -0.25) is 9.48 Å². The van der Waals surface area contributed by atoms with Gasteiger partial charge >= 0.3 is 0 Å². The minimum Gasteiger partial charge on any atom is -0.454 e. The third kappa shape index (κ3) is 3.46. The summed E-state index contributed by atoms with van der Waals surface area (Å²) in [5.41, 5.74) is 0.888. The number of fused-ring (bicyclic) bond motifs is 1. The van der Waals surface area contributed by atoms with Crippen molar-refractivity contribution in [2.24, 2.45) is 0 Å². The maximum Gasteiger partial charge on any atom is 0.244 e. The Morgan fingerprint density at radius 3 is 3.14 bits per heavy atom. The van der Waals surface area contributed by atoms with Crippen LogP contribution < -0.4 is 14.8 Å². The molecule has 6 heteroatoms. The normalized spacial score (nSPS) is 14.2. The zero-order valence-corrected chi connectivity index (χ0v) is 12.2. The van der Waals surface area contributed by atoms with Gasteiger partial charge in [0.25, 0.3) is 0 Å². The second-order valence-electron chi connectivity index (χ2n) is 5.08. The summed E-state index contributed by atoms with van der Waals surface area (Å²) in [5, 5.41) is 7.01. The van der Waals surface area contributed by atoms with Crippen LogP contribution in [-0.4, -0.2) is 28.5 Å². The Bertz CT molecular complexity index is 680. The van der Waals surface area contributed by atoms with Gasteiger partial charge in [-0.05, 0) is 36.8 Å². The van der Waals surface area contributed by atoms with Crippen molar-refractivity contribution in [2.75, 3.05) is 6.79 Å². The van der Waals surface area contributed by atoms with Gasteiger partial charge in [0.05, 0.1) is 6.54 Å². The molecule has 1 amide bonds. The Kier molecular flexibility index (Phi) is 4.09. The highest BCUT2D eigenvalue weighted by Crippen LogP contribution is 2.32. The molecule has 114 valence electrons. The van der Waals surface area contributed by atoms with E-state index in [0.29, 0.717) is 12.3 Å². The monoisotopic (exact) mass is 299 g/mol. The second kappa shape index (κ2) is 6.34. The summed E-state index contributed by atoms with van der Waals surface area (Å²) in [5.74, 6) is 1.29. The van der Waals surface area contributed by atoms with E-state index in [1.165, 1.54) is 6.08 Å². The highest BCUT2D eigenvalue weighted by atomic mass is 16.7. The smallest absolute Gasteiger partial charge is 0.244 e. The second-order valence-corrected chi connectivity index (χ2v) is 5.08. The molecule has 3 rings (SSSR count). The van der Waals surface area contributed by atoms with Crippen LogP contribution in [0.2, 0.25) is 0 Å². The van der Waals surface area contributed by atoms with E-state index >= 15 is 0 Å². The van der Waals surface area contributed by atoms with Gasteiger partial charge in [0.15, 0.2) is 11.5 Å². The van der Waals surface area contributed by atoms with E-state index in [-0.39, 0.29) is 18.7 Å². The summed E-state index contributed by atoms with van der Waals surface area (Å²) in [6.45, 7) is 2.82. The minimum atomic E-state index is -0.141. The summed E-state index contributed by atoms with van der Waals surface area (Å²) >= 11 is 0. The quantitative estimate of drug-likeness (QED) is 0.855. The van der Waals surface area contributed by atoms with E-state index in [9.17, 15) is 4.79 Å². The molecule has 1 atom stereocenters. The highest BCUT2D eigenvalue weighted by Gasteiger charge is 2.12. The summed E-state index contributed by atoms with van der Waals surface area (Å²) < 4.78 is 12.3. The molecule has 1 aliphatic rings. The number of carbonyl (C=O) groups is 1. The predicted molar refractivity (Wildman–Crippen MR) is 81.4 cm³/mol. The molecule has 0 bridgehead atoms. The number of carbonyl (C=O) groups excluding carboxylic acids is 1. The van der Waals surface area contributed by atoms with Crippen LogP contribution in [0.4, 0.5) is 0 Å². The van der Waals surface area contributed by atoms with E-state index in [4.69, 9.17) is 9.47 Å². The van der Waals surface area contributed by atoms with E-state index in [1.54, 1.807) is 17.0 Å². The first-order chi connectivity index (χ1) is 10.7. The van der Waals surface area contributed by atoms with Crippen molar-refractivity contribution in [1.82, 2.24) is 15.1 Å². The average Bonchev–Trinajstić information content (AvgIpc) is 3.15. The standard InChI is InChI=1S/C16H17N3O3/c1-12(10-19-8-2-7-17-19)18-16(20)6-4-13-3-5-14-15(9-13)22-11-21-14/h2-9,12H,10-11H2,1H3,(H,18,20)/b6-4+. The summed E-state index contributed by atoms with van der Waals surface area (Å²) in [7, 11) is 0. The van der Waals surface area contributed by atoms with Crippen LogP contribution in [0.15, 0.2) is 42.7 Å². The fraction of sp³-hybridized carbons (Fsp3) is 0.250. The molecule has 0 saturated carbocycles. The molecule has 1 N–H and O–H groups in total. The molecular formula is C16H17N3O3. The van der Waals surface area contributed by atoms with Gasteiger partial charge in [-0.25, -0.2) is 0 Å². The summed E-state index contributed by atoms with van der Waals surface area (Å²) in [6.07, 6.45) is 6.84. The number of benzene rings is 1. The number of nitrogens with zero attached hydrogens (tertiary/aromatic N) is 2. The lowest BCUT2D eigenvalue weighted by Gasteiger charge is -2.12. The Morgan fingerprint density at radius 2 is 2.32 bits per heavy atom. The van der Waals surface area contributed by atoms with Gasteiger partial charge in [0, 0.05) is 24.5 Å². The van der Waals surface area contributed by atoms with Crippen molar-refractivity contribution in [3.8, 4) is 11.5 Å². The first-order valence-corrected chi connectivity index (χ1v) is 7.06. The van der Waals surface area contributed by atoms with Crippen molar-refractivity contribution in [3.63, 3.8) is 0 Å². The van der Waals surface area contributed by atoms with Crippen molar-refractivity contribution < 1.29 is 14.3 Å². The average molecular weight is 299 g/mol. The molecule has 0 aliphatic carbocycles. The maximum atomic E-state index is 11.9. The number of aromatic nitrogens is 2. The number of hydrogen-bond acceptors (Lipinski definition) is 4. The van der Waals surface area contributed by atoms with Crippen LogP contribution in [0.25, 0.3) is 6.08 Å². The van der Waals surface area contributed by atoms with Gasteiger partial charge in [-0.2, -0.15) is 5.10 Å². The van der Waals surface area contributed by atoms with Gasteiger partial charge in [0.1, 0.15) is 0 Å². The number of hydrogen-bond donors (Lipinski definition) is 1. The molecule has 0 spiro atoms. The van der Waals surface area contributed by atoms with Crippen molar-refractivity contribution >= 4 is 12.0 Å². The first kappa shape index (κ1) is 14.2.